The summed E-state index contributed by atoms with van der Waals surface area (Å²) in [4.78, 5) is 4.24. The summed E-state index contributed by atoms with van der Waals surface area (Å²) in [5.41, 5.74) is 2.64. The number of benzene rings is 2. The molecule has 0 heterocycles. The van der Waals surface area contributed by atoms with E-state index in [1.165, 1.54) is 11.1 Å². The van der Waals surface area contributed by atoms with Crippen LogP contribution in [-0.4, -0.2) is 19.6 Å². The van der Waals surface area contributed by atoms with E-state index in [2.05, 4.69) is 58.1 Å². The average molecular weight is 409 g/mol. The van der Waals surface area contributed by atoms with E-state index >= 15 is 0 Å². The Bertz CT molecular complexity index is 541. The lowest BCUT2D eigenvalue weighted by Gasteiger charge is -2.11. The fraction of sp³-hybridized carbons (Fsp3) is 0.278. The van der Waals surface area contributed by atoms with E-state index in [9.17, 15) is 0 Å². The summed E-state index contributed by atoms with van der Waals surface area (Å²) in [6.45, 7) is 1.71. The molecule has 0 bridgehead atoms. The van der Waals surface area contributed by atoms with E-state index in [-0.39, 0.29) is 24.0 Å². The fourth-order valence-electron chi connectivity index (χ4n) is 2.15. The average Bonchev–Trinajstić information content (AvgIpc) is 2.56. The van der Waals surface area contributed by atoms with Crippen molar-refractivity contribution in [1.82, 2.24) is 10.6 Å². The highest BCUT2D eigenvalue weighted by atomic mass is 127. The molecule has 3 nitrogen and oxygen atoms in total. The van der Waals surface area contributed by atoms with Crippen molar-refractivity contribution in [2.45, 2.75) is 19.4 Å². The Hall–Kier alpha value is -1.56. The molecule has 0 saturated heterocycles. The summed E-state index contributed by atoms with van der Waals surface area (Å²) >= 11 is 0. The molecule has 118 valence electrons. The summed E-state index contributed by atoms with van der Waals surface area (Å²) in [6.07, 6.45) is 2.18. The monoisotopic (exact) mass is 409 g/mol. The second-order valence-electron chi connectivity index (χ2n) is 4.93. The number of nitrogens with one attached hydrogen (secondary N) is 2. The van der Waals surface area contributed by atoms with Crippen molar-refractivity contribution in [3.63, 3.8) is 0 Å². The van der Waals surface area contributed by atoms with Crippen molar-refractivity contribution in [3.05, 3.63) is 71.8 Å². The maximum Gasteiger partial charge on any atom is 0.191 e. The summed E-state index contributed by atoms with van der Waals surface area (Å²) in [5, 5.41) is 6.67. The van der Waals surface area contributed by atoms with Crippen LogP contribution < -0.4 is 10.6 Å². The van der Waals surface area contributed by atoms with E-state index in [0.717, 1.165) is 31.9 Å². The molecule has 0 spiro atoms. The van der Waals surface area contributed by atoms with Crippen LogP contribution in [0.25, 0.3) is 0 Å². The molecule has 0 saturated carbocycles. The largest absolute Gasteiger partial charge is 0.356 e. The maximum atomic E-state index is 4.24. The first-order chi connectivity index (χ1) is 10.4. The van der Waals surface area contributed by atoms with Gasteiger partial charge in [-0.1, -0.05) is 60.7 Å². The second kappa shape index (κ2) is 11.1. The summed E-state index contributed by atoms with van der Waals surface area (Å²) < 4.78 is 0. The Balaban J connectivity index is 0.00000242. The minimum absolute atomic E-state index is 0. The minimum atomic E-state index is 0. The van der Waals surface area contributed by atoms with Crippen molar-refractivity contribution in [2.75, 3.05) is 13.6 Å². The van der Waals surface area contributed by atoms with Gasteiger partial charge in [0.1, 0.15) is 0 Å². The van der Waals surface area contributed by atoms with E-state index in [1.54, 1.807) is 7.05 Å². The summed E-state index contributed by atoms with van der Waals surface area (Å²) in [5.74, 6) is 0.854. The molecule has 0 radical (unpaired) electrons. The molecule has 0 aliphatic carbocycles. The Labute approximate surface area is 150 Å². The first-order valence-corrected chi connectivity index (χ1v) is 7.41. The normalized spacial score (nSPS) is 10.7. The van der Waals surface area contributed by atoms with Gasteiger partial charge in [0.2, 0.25) is 0 Å². The number of guanidine groups is 1. The van der Waals surface area contributed by atoms with Crippen LogP contribution in [0.1, 0.15) is 17.5 Å². The molecular weight excluding hydrogens is 385 g/mol. The van der Waals surface area contributed by atoms with Crippen LogP contribution in [-0.2, 0) is 13.0 Å². The van der Waals surface area contributed by atoms with Crippen molar-refractivity contribution >= 4 is 29.9 Å². The lowest BCUT2D eigenvalue weighted by atomic mass is 10.1. The molecule has 0 aliphatic heterocycles. The van der Waals surface area contributed by atoms with Gasteiger partial charge in [-0.2, -0.15) is 0 Å². The van der Waals surface area contributed by atoms with Gasteiger partial charge >= 0.3 is 0 Å². The Morgan fingerprint density at radius 3 is 2.05 bits per heavy atom. The summed E-state index contributed by atoms with van der Waals surface area (Å²) in [6, 6.07) is 20.9. The van der Waals surface area contributed by atoms with Crippen LogP contribution in [0.4, 0.5) is 0 Å². The molecule has 2 aromatic rings. The third-order valence-electron chi connectivity index (χ3n) is 3.30. The number of halogens is 1. The maximum absolute atomic E-state index is 4.24. The minimum Gasteiger partial charge on any atom is -0.356 e. The van der Waals surface area contributed by atoms with Crippen LogP contribution in [0, 0.1) is 0 Å². The van der Waals surface area contributed by atoms with Gasteiger partial charge in [0.05, 0.1) is 0 Å². The van der Waals surface area contributed by atoms with E-state index in [1.807, 2.05) is 18.2 Å². The van der Waals surface area contributed by atoms with Crippen LogP contribution in [0.5, 0.6) is 0 Å². The molecule has 0 aromatic heterocycles. The van der Waals surface area contributed by atoms with Crippen LogP contribution in [0.15, 0.2) is 65.7 Å². The molecule has 2 aromatic carbocycles. The molecule has 2 rings (SSSR count). The fourth-order valence-corrected chi connectivity index (χ4v) is 2.15. The number of aliphatic imine (C=N–C) groups is 1. The highest BCUT2D eigenvalue weighted by Gasteiger charge is 1.98. The third kappa shape index (κ3) is 6.93. The zero-order valence-corrected chi connectivity index (χ0v) is 15.3. The molecule has 22 heavy (non-hydrogen) atoms. The van der Waals surface area contributed by atoms with E-state index in [4.69, 9.17) is 0 Å². The lowest BCUT2D eigenvalue weighted by Crippen LogP contribution is -2.37. The highest BCUT2D eigenvalue weighted by molar-refractivity contribution is 14.0. The molecule has 4 heteroatoms. The third-order valence-corrected chi connectivity index (χ3v) is 3.30. The predicted octanol–water partition coefficient (Wildman–Crippen LogP) is 3.60. The first kappa shape index (κ1) is 18.5. The van der Waals surface area contributed by atoms with Crippen LogP contribution in [0.2, 0.25) is 0 Å². The SMILES string of the molecule is CN=C(NCCCc1ccccc1)NCc1ccccc1.I. The van der Waals surface area contributed by atoms with Gasteiger partial charge < -0.3 is 10.6 Å². The first-order valence-electron chi connectivity index (χ1n) is 7.41. The van der Waals surface area contributed by atoms with E-state index in [0.29, 0.717) is 0 Å². The van der Waals surface area contributed by atoms with Crippen LogP contribution in [0.3, 0.4) is 0 Å². The zero-order chi connectivity index (χ0) is 14.8. The van der Waals surface area contributed by atoms with Gasteiger partial charge in [-0.05, 0) is 24.0 Å². The van der Waals surface area contributed by atoms with Gasteiger partial charge in [-0.3, -0.25) is 4.99 Å². The molecule has 0 fully saturated rings. The van der Waals surface area contributed by atoms with Gasteiger partial charge in [0.15, 0.2) is 5.96 Å². The van der Waals surface area contributed by atoms with Gasteiger partial charge in [-0.15, -0.1) is 24.0 Å². The van der Waals surface area contributed by atoms with Gasteiger partial charge in [-0.25, -0.2) is 0 Å². The molecule has 2 N–H and O–H groups in total. The molecule has 0 aliphatic rings. The van der Waals surface area contributed by atoms with Crippen LogP contribution >= 0.6 is 24.0 Å². The predicted molar refractivity (Wildman–Crippen MR) is 105 cm³/mol. The Morgan fingerprint density at radius 2 is 1.45 bits per heavy atom. The summed E-state index contributed by atoms with van der Waals surface area (Å²) in [7, 11) is 1.80. The molecule has 0 unspecified atom stereocenters. The Morgan fingerprint density at radius 1 is 0.864 bits per heavy atom. The van der Waals surface area contributed by atoms with E-state index < -0.39 is 0 Å². The van der Waals surface area contributed by atoms with Crippen molar-refractivity contribution in [1.29, 1.82) is 0 Å². The topological polar surface area (TPSA) is 36.4 Å². The van der Waals surface area contributed by atoms with Crippen molar-refractivity contribution in [2.24, 2.45) is 4.99 Å². The van der Waals surface area contributed by atoms with Gasteiger partial charge in [0.25, 0.3) is 0 Å². The second-order valence-corrected chi connectivity index (χ2v) is 4.93. The molecule has 0 amide bonds. The zero-order valence-electron chi connectivity index (χ0n) is 13.0. The Kier molecular flexibility index (Phi) is 9.30. The number of hydrogen-bond acceptors (Lipinski definition) is 1. The van der Waals surface area contributed by atoms with Crippen molar-refractivity contribution < 1.29 is 0 Å². The molecular formula is C18H24IN3. The lowest BCUT2D eigenvalue weighted by molar-refractivity contribution is 0.742. The number of aryl methyl sites for hydroxylation is 1. The number of nitrogens with zero attached hydrogens (tertiary/aromatic N) is 1. The number of rotatable bonds is 6. The van der Waals surface area contributed by atoms with Gasteiger partial charge in [0, 0.05) is 20.1 Å². The molecule has 0 atom stereocenters. The standard InChI is InChI=1S/C18H23N3.HI/c1-19-18(21-15-17-11-6-3-7-12-17)20-14-8-13-16-9-4-2-5-10-16;/h2-7,9-12H,8,13-15H2,1H3,(H2,19,20,21);1H. The number of hydrogen-bond donors (Lipinski definition) is 2. The highest BCUT2D eigenvalue weighted by Crippen LogP contribution is 2.01. The van der Waals surface area contributed by atoms with Crippen molar-refractivity contribution in [3.8, 4) is 0 Å². The quantitative estimate of drug-likeness (QED) is 0.331. The smallest absolute Gasteiger partial charge is 0.191 e.